The molecule has 0 saturated carbocycles. The van der Waals surface area contributed by atoms with E-state index in [0.29, 0.717) is 23.6 Å². The maximum absolute atomic E-state index is 13.2. The van der Waals surface area contributed by atoms with E-state index in [9.17, 15) is 14.0 Å². The van der Waals surface area contributed by atoms with Gasteiger partial charge in [-0.15, -0.1) is 0 Å². The van der Waals surface area contributed by atoms with Crippen molar-refractivity contribution in [3.05, 3.63) is 90.0 Å². The molecule has 148 valence electrons. The predicted octanol–water partition coefficient (Wildman–Crippen LogP) is 3.51. The van der Waals surface area contributed by atoms with Crippen molar-refractivity contribution in [1.82, 2.24) is 9.88 Å². The third-order valence-corrected chi connectivity index (χ3v) is 4.07. The molecule has 0 aliphatic rings. The van der Waals surface area contributed by atoms with E-state index in [4.69, 9.17) is 4.74 Å². The van der Waals surface area contributed by atoms with Gasteiger partial charge in [0.05, 0.1) is 6.54 Å². The van der Waals surface area contributed by atoms with E-state index < -0.39 is 11.7 Å². The standard InChI is InChI=1S/C22H20FN3O3/c1-26(14-21(27)25-19-6-2-5-18(23)12-19)22(28)17-7-9-20(10-8-17)29-15-16-4-3-11-24-13-16/h2-13H,14-15H2,1H3,(H,25,27). The van der Waals surface area contributed by atoms with Gasteiger partial charge in [-0.25, -0.2) is 4.39 Å². The van der Waals surface area contributed by atoms with Gasteiger partial charge in [-0.1, -0.05) is 12.1 Å². The molecule has 7 heteroatoms. The molecule has 0 bridgehead atoms. The van der Waals surface area contributed by atoms with Crippen LogP contribution in [0.15, 0.2) is 73.1 Å². The molecule has 0 atom stereocenters. The van der Waals surface area contributed by atoms with Crippen molar-refractivity contribution in [3.63, 3.8) is 0 Å². The van der Waals surface area contributed by atoms with Crippen molar-refractivity contribution in [2.24, 2.45) is 0 Å². The highest BCUT2D eigenvalue weighted by molar-refractivity contribution is 5.99. The molecule has 1 aromatic heterocycles. The largest absolute Gasteiger partial charge is 0.489 e. The third-order valence-electron chi connectivity index (χ3n) is 4.07. The van der Waals surface area contributed by atoms with Gasteiger partial charge < -0.3 is 15.0 Å². The van der Waals surface area contributed by atoms with Crippen molar-refractivity contribution in [1.29, 1.82) is 0 Å². The number of amides is 2. The Bertz CT molecular complexity index is 978. The van der Waals surface area contributed by atoms with Crippen molar-refractivity contribution < 1.29 is 18.7 Å². The van der Waals surface area contributed by atoms with Gasteiger partial charge in [-0.2, -0.15) is 0 Å². The molecule has 1 N–H and O–H groups in total. The number of hydrogen-bond acceptors (Lipinski definition) is 4. The van der Waals surface area contributed by atoms with Crippen LogP contribution in [0.2, 0.25) is 0 Å². The molecule has 0 fully saturated rings. The average Bonchev–Trinajstić information content (AvgIpc) is 2.72. The Morgan fingerprint density at radius 3 is 2.59 bits per heavy atom. The molecule has 0 aliphatic carbocycles. The van der Waals surface area contributed by atoms with E-state index in [1.165, 1.54) is 30.1 Å². The summed E-state index contributed by atoms with van der Waals surface area (Å²) < 4.78 is 18.9. The summed E-state index contributed by atoms with van der Waals surface area (Å²) in [4.78, 5) is 29.9. The van der Waals surface area contributed by atoms with Gasteiger partial charge in [0.25, 0.3) is 5.91 Å². The summed E-state index contributed by atoms with van der Waals surface area (Å²) in [6.07, 6.45) is 3.42. The number of anilines is 1. The van der Waals surface area contributed by atoms with Crippen molar-refractivity contribution in [3.8, 4) is 5.75 Å². The Morgan fingerprint density at radius 2 is 1.90 bits per heavy atom. The van der Waals surface area contributed by atoms with Gasteiger partial charge in [0.15, 0.2) is 0 Å². The summed E-state index contributed by atoms with van der Waals surface area (Å²) in [7, 11) is 1.53. The molecule has 29 heavy (non-hydrogen) atoms. The zero-order chi connectivity index (χ0) is 20.6. The van der Waals surface area contributed by atoms with Crippen molar-refractivity contribution >= 4 is 17.5 Å². The predicted molar refractivity (Wildman–Crippen MR) is 107 cm³/mol. The van der Waals surface area contributed by atoms with Crippen LogP contribution in [0.25, 0.3) is 0 Å². The summed E-state index contributed by atoms with van der Waals surface area (Å²) in [6, 6.07) is 16.0. The number of carbonyl (C=O) groups is 2. The van der Waals surface area contributed by atoms with E-state index >= 15 is 0 Å². The third kappa shape index (κ3) is 5.87. The van der Waals surface area contributed by atoms with Crippen LogP contribution in [-0.4, -0.2) is 35.3 Å². The number of benzene rings is 2. The lowest BCUT2D eigenvalue weighted by Crippen LogP contribution is -2.34. The van der Waals surface area contributed by atoms with E-state index in [0.717, 1.165) is 5.56 Å². The molecular weight excluding hydrogens is 373 g/mol. The number of halogens is 1. The van der Waals surface area contributed by atoms with Gasteiger partial charge in [0.1, 0.15) is 18.2 Å². The smallest absolute Gasteiger partial charge is 0.254 e. The first-order valence-electron chi connectivity index (χ1n) is 8.94. The monoisotopic (exact) mass is 393 g/mol. The van der Waals surface area contributed by atoms with Crippen LogP contribution in [0.1, 0.15) is 15.9 Å². The molecule has 1 heterocycles. The van der Waals surface area contributed by atoms with Crippen LogP contribution in [0.4, 0.5) is 10.1 Å². The minimum absolute atomic E-state index is 0.158. The molecule has 0 saturated heterocycles. The van der Waals surface area contributed by atoms with Gasteiger partial charge >= 0.3 is 0 Å². The number of rotatable bonds is 7. The maximum Gasteiger partial charge on any atom is 0.254 e. The van der Waals surface area contributed by atoms with Crippen LogP contribution in [0, 0.1) is 5.82 Å². The molecule has 3 rings (SSSR count). The Labute approximate surface area is 168 Å². The van der Waals surface area contributed by atoms with Crippen LogP contribution >= 0.6 is 0 Å². The van der Waals surface area contributed by atoms with E-state index in [-0.39, 0.29) is 12.5 Å². The number of likely N-dealkylation sites (N-methyl/N-ethyl adjacent to an activating group) is 1. The highest BCUT2D eigenvalue weighted by Crippen LogP contribution is 2.15. The number of ether oxygens (including phenoxy) is 1. The first-order chi connectivity index (χ1) is 14.0. The SMILES string of the molecule is CN(CC(=O)Nc1cccc(F)c1)C(=O)c1ccc(OCc2cccnc2)cc1. The fourth-order valence-corrected chi connectivity index (χ4v) is 2.62. The van der Waals surface area contributed by atoms with Crippen molar-refractivity contribution in [2.75, 3.05) is 18.9 Å². The molecule has 0 aliphatic heterocycles. The topological polar surface area (TPSA) is 71.5 Å². The maximum atomic E-state index is 13.2. The Balaban J connectivity index is 1.53. The fraction of sp³-hybridized carbons (Fsp3) is 0.136. The van der Waals surface area contributed by atoms with Crippen LogP contribution in [0.5, 0.6) is 5.75 Å². The lowest BCUT2D eigenvalue weighted by molar-refractivity contribution is -0.116. The minimum atomic E-state index is -0.446. The number of nitrogens with zero attached hydrogens (tertiary/aromatic N) is 2. The Morgan fingerprint density at radius 1 is 1.10 bits per heavy atom. The molecule has 0 spiro atoms. The van der Waals surface area contributed by atoms with Gasteiger partial charge in [-0.3, -0.25) is 14.6 Å². The molecular formula is C22H20FN3O3. The molecule has 6 nitrogen and oxygen atoms in total. The Kier molecular flexibility index (Phi) is 6.52. The quantitative estimate of drug-likeness (QED) is 0.667. The minimum Gasteiger partial charge on any atom is -0.489 e. The molecule has 2 amide bonds. The summed E-state index contributed by atoms with van der Waals surface area (Å²) in [5.41, 5.74) is 1.71. The second-order valence-corrected chi connectivity index (χ2v) is 6.39. The number of pyridine rings is 1. The Hall–Kier alpha value is -3.74. The normalized spacial score (nSPS) is 10.3. The molecule has 0 radical (unpaired) electrons. The zero-order valence-corrected chi connectivity index (χ0v) is 15.8. The number of aromatic nitrogens is 1. The van der Waals surface area contributed by atoms with E-state index in [2.05, 4.69) is 10.3 Å². The number of nitrogens with one attached hydrogen (secondary N) is 1. The van der Waals surface area contributed by atoms with Crippen LogP contribution in [-0.2, 0) is 11.4 Å². The van der Waals surface area contributed by atoms with E-state index in [1.54, 1.807) is 42.7 Å². The second-order valence-electron chi connectivity index (χ2n) is 6.39. The van der Waals surface area contributed by atoms with Crippen molar-refractivity contribution in [2.45, 2.75) is 6.61 Å². The van der Waals surface area contributed by atoms with Crippen LogP contribution in [0.3, 0.4) is 0 Å². The highest BCUT2D eigenvalue weighted by Gasteiger charge is 2.15. The zero-order valence-electron chi connectivity index (χ0n) is 15.8. The number of carbonyl (C=O) groups excluding carboxylic acids is 2. The first kappa shape index (κ1) is 20.0. The molecule has 2 aromatic carbocycles. The highest BCUT2D eigenvalue weighted by atomic mass is 19.1. The van der Waals surface area contributed by atoms with E-state index in [1.807, 2.05) is 12.1 Å². The van der Waals surface area contributed by atoms with Gasteiger partial charge in [0.2, 0.25) is 5.91 Å². The first-order valence-corrected chi connectivity index (χ1v) is 8.94. The lowest BCUT2D eigenvalue weighted by atomic mass is 10.2. The van der Waals surface area contributed by atoms with Crippen LogP contribution < -0.4 is 10.1 Å². The average molecular weight is 393 g/mol. The summed E-state index contributed by atoms with van der Waals surface area (Å²) in [5.74, 6) is -0.545. The van der Waals surface area contributed by atoms with Gasteiger partial charge in [0, 0.05) is 36.3 Å². The summed E-state index contributed by atoms with van der Waals surface area (Å²) >= 11 is 0. The lowest BCUT2D eigenvalue weighted by Gasteiger charge is -2.17. The number of hydrogen-bond donors (Lipinski definition) is 1. The second kappa shape index (κ2) is 9.45. The molecule has 0 unspecified atom stereocenters. The summed E-state index contributed by atoms with van der Waals surface area (Å²) in [6.45, 7) is 0.218. The molecule has 3 aromatic rings. The summed E-state index contributed by atoms with van der Waals surface area (Å²) in [5, 5.41) is 2.56. The van der Waals surface area contributed by atoms with Gasteiger partial charge in [-0.05, 0) is 48.5 Å². The fourth-order valence-electron chi connectivity index (χ4n) is 2.62.